The number of nitrogens with one attached hydrogen (secondary N) is 1. The third-order valence-electron chi connectivity index (χ3n) is 4.32. The quantitative estimate of drug-likeness (QED) is 0.805. The van der Waals surface area contributed by atoms with E-state index in [1.807, 2.05) is 29.2 Å². The summed E-state index contributed by atoms with van der Waals surface area (Å²) in [6.45, 7) is 1.31. The van der Waals surface area contributed by atoms with Crippen LogP contribution in [-0.2, 0) is 0 Å². The summed E-state index contributed by atoms with van der Waals surface area (Å²) in [5.41, 5.74) is 1.69. The van der Waals surface area contributed by atoms with Gasteiger partial charge in [-0.05, 0) is 25.0 Å². The average molecular weight is 322 g/mol. The van der Waals surface area contributed by atoms with E-state index in [1.165, 1.54) is 0 Å². The number of hydrogen-bond acceptors (Lipinski definition) is 4. The van der Waals surface area contributed by atoms with Crippen LogP contribution in [0.5, 0.6) is 5.88 Å². The number of carbonyl (C=O) groups is 1. The summed E-state index contributed by atoms with van der Waals surface area (Å²) in [6, 6.07) is 11.4. The molecular formula is C18H18N4O2. The van der Waals surface area contributed by atoms with Gasteiger partial charge in [0.15, 0.2) is 0 Å². The number of ether oxygens (including phenoxy) is 1. The Morgan fingerprint density at radius 1 is 1.25 bits per heavy atom. The maximum absolute atomic E-state index is 12.9. The zero-order chi connectivity index (χ0) is 16.4. The monoisotopic (exact) mass is 322 g/mol. The smallest absolute Gasteiger partial charge is 0.256 e. The molecule has 0 unspecified atom stereocenters. The average Bonchev–Trinajstić information content (AvgIpc) is 3.06. The zero-order valence-corrected chi connectivity index (χ0v) is 13.2. The fraction of sp³-hybridized carbons (Fsp3) is 0.278. The lowest BCUT2D eigenvalue weighted by molar-refractivity contribution is 0.0527. The maximum atomic E-state index is 12.9. The minimum atomic E-state index is -0.0513. The van der Waals surface area contributed by atoms with Crippen molar-refractivity contribution >= 4 is 16.8 Å². The molecule has 1 fully saturated rings. The predicted octanol–water partition coefficient (Wildman–Crippen LogP) is 2.64. The van der Waals surface area contributed by atoms with Crippen molar-refractivity contribution < 1.29 is 9.53 Å². The summed E-state index contributed by atoms with van der Waals surface area (Å²) >= 11 is 0. The van der Waals surface area contributed by atoms with Crippen LogP contribution in [0.2, 0.25) is 0 Å². The molecule has 0 aliphatic carbocycles. The predicted molar refractivity (Wildman–Crippen MR) is 89.9 cm³/mol. The molecule has 122 valence electrons. The number of para-hydroxylation sites is 1. The van der Waals surface area contributed by atoms with Crippen molar-refractivity contribution in [2.75, 3.05) is 13.1 Å². The Labute approximate surface area is 139 Å². The largest absolute Gasteiger partial charge is 0.471 e. The summed E-state index contributed by atoms with van der Waals surface area (Å²) < 4.78 is 5.87. The van der Waals surface area contributed by atoms with Gasteiger partial charge < -0.3 is 14.6 Å². The number of benzene rings is 1. The van der Waals surface area contributed by atoms with Crippen LogP contribution < -0.4 is 4.74 Å². The first-order valence-electron chi connectivity index (χ1n) is 8.11. The molecule has 0 spiro atoms. The van der Waals surface area contributed by atoms with Crippen molar-refractivity contribution in [3.63, 3.8) is 0 Å². The summed E-state index contributed by atoms with van der Waals surface area (Å²) in [5.74, 6) is 0.545. The van der Waals surface area contributed by atoms with Gasteiger partial charge in [-0.1, -0.05) is 18.2 Å². The SMILES string of the molecule is O=C(c1c[nH]c2ccccc12)N1CCC[C@H](Oc2cccnn2)C1. The second kappa shape index (κ2) is 6.31. The topological polar surface area (TPSA) is 71.1 Å². The molecule has 6 heteroatoms. The number of aromatic amines is 1. The summed E-state index contributed by atoms with van der Waals surface area (Å²) in [6.07, 6.45) is 5.18. The van der Waals surface area contributed by atoms with E-state index in [0.29, 0.717) is 18.0 Å². The van der Waals surface area contributed by atoms with Crippen molar-refractivity contribution in [1.82, 2.24) is 20.1 Å². The molecule has 1 aromatic carbocycles. The molecule has 6 nitrogen and oxygen atoms in total. The van der Waals surface area contributed by atoms with E-state index in [9.17, 15) is 4.79 Å². The number of piperidine rings is 1. The first kappa shape index (κ1) is 14.7. The fourth-order valence-corrected chi connectivity index (χ4v) is 3.16. The Morgan fingerprint density at radius 2 is 2.17 bits per heavy atom. The van der Waals surface area contributed by atoms with Crippen LogP contribution in [-0.4, -0.2) is 45.2 Å². The lowest BCUT2D eigenvalue weighted by atomic mass is 10.1. The van der Waals surface area contributed by atoms with E-state index in [0.717, 1.165) is 30.3 Å². The standard InChI is InChI=1S/C18H18N4O2/c23-18(15-11-19-16-7-2-1-6-14(15)16)22-10-4-5-13(12-22)24-17-8-3-9-20-21-17/h1-3,6-9,11,13,19H,4-5,10,12H2/t13-/m0/s1. The molecular weight excluding hydrogens is 304 g/mol. The van der Waals surface area contributed by atoms with Crippen LogP contribution in [0, 0.1) is 0 Å². The van der Waals surface area contributed by atoms with Gasteiger partial charge in [-0.3, -0.25) is 4.79 Å². The molecule has 1 amide bonds. The first-order valence-corrected chi connectivity index (χ1v) is 8.11. The number of aromatic nitrogens is 3. The van der Waals surface area contributed by atoms with Crippen LogP contribution >= 0.6 is 0 Å². The van der Waals surface area contributed by atoms with E-state index >= 15 is 0 Å². The van der Waals surface area contributed by atoms with E-state index in [1.54, 1.807) is 24.5 Å². The van der Waals surface area contributed by atoms with Gasteiger partial charge in [-0.25, -0.2) is 0 Å². The number of hydrogen-bond donors (Lipinski definition) is 1. The molecule has 24 heavy (non-hydrogen) atoms. The second-order valence-corrected chi connectivity index (χ2v) is 5.94. The highest BCUT2D eigenvalue weighted by Gasteiger charge is 2.27. The second-order valence-electron chi connectivity index (χ2n) is 5.94. The Hall–Kier alpha value is -2.89. The number of carbonyl (C=O) groups excluding carboxylic acids is 1. The molecule has 0 radical (unpaired) electrons. The molecule has 0 bridgehead atoms. The first-order chi connectivity index (χ1) is 11.8. The van der Waals surface area contributed by atoms with Crippen LogP contribution in [0.4, 0.5) is 0 Å². The molecule has 2 aromatic heterocycles. The molecule has 1 aliphatic heterocycles. The summed E-state index contributed by atoms with van der Waals surface area (Å²) in [5, 5.41) is 8.73. The van der Waals surface area contributed by atoms with Gasteiger partial charge in [0.2, 0.25) is 5.88 Å². The summed E-state index contributed by atoms with van der Waals surface area (Å²) in [4.78, 5) is 17.9. The van der Waals surface area contributed by atoms with Gasteiger partial charge in [0.25, 0.3) is 5.91 Å². The highest BCUT2D eigenvalue weighted by atomic mass is 16.5. The fourth-order valence-electron chi connectivity index (χ4n) is 3.16. The molecule has 4 rings (SSSR count). The van der Waals surface area contributed by atoms with E-state index in [-0.39, 0.29) is 12.0 Å². The number of rotatable bonds is 3. The molecule has 0 saturated carbocycles. The maximum Gasteiger partial charge on any atom is 0.256 e. The van der Waals surface area contributed by atoms with Crippen LogP contribution in [0.25, 0.3) is 10.9 Å². The van der Waals surface area contributed by atoms with Crippen molar-refractivity contribution in [3.05, 3.63) is 54.4 Å². The van der Waals surface area contributed by atoms with Gasteiger partial charge in [0, 0.05) is 35.9 Å². The molecule has 3 aromatic rings. The number of amides is 1. The van der Waals surface area contributed by atoms with Crippen molar-refractivity contribution in [2.45, 2.75) is 18.9 Å². The summed E-state index contributed by atoms with van der Waals surface area (Å²) in [7, 11) is 0. The number of likely N-dealkylation sites (tertiary alicyclic amines) is 1. The van der Waals surface area contributed by atoms with Gasteiger partial charge in [0.05, 0.1) is 12.1 Å². The van der Waals surface area contributed by atoms with E-state index in [2.05, 4.69) is 15.2 Å². The number of fused-ring (bicyclic) bond motifs is 1. The number of nitrogens with zero attached hydrogens (tertiary/aromatic N) is 3. The van der Waals surface area contributed by atoms with Gasteiger partial charge in [-0.2, -0.15) is 5.10 Å². The van der Waals surface area contributed by atoms with E-state index < -0.39 is 0 Å². The van der Waals surface area contributed by atoms with Crippen molar-refractivity contribution in [3.8, 4) is 5.88 Å². The third kappa shape index (κ3) is 2.82. The normalized spacial score (nSPS) is 17.8. The molecule has 1 aliphatic rings. The number of H-pyrrole nitrogens is 1. The molecule has 1 N–H and O–H groups in total. The molecule has 3 heterocycles. The highest BCUT2D eigenvalue weighted by molar-refractivity contribution is 6.06. The third-order valence-corrected chi connectivity index (χ3v) is 4.32. The Bertz CT molecular complexity index is 846. The Kier molecular flexibility index (Phi) is 3.86. The van der Waals surface area contributed by atoms with Crippen LogP contribution in [0.15, 0.2) is 48.8 Å². The van der Waals surface area contributed by atoms with Gasteiger partial charge >= 0.3 is 0 Å². The highest BCUT2D eigenvalue weighted by Crippen LogP contribution is 2.22. The Balaban J connectivity index is 1.50. The van der Waals surface area contributed by atoms with Crippen molar-refractivity contribution in [1.29, 1.82) is 0 Å². The Morgan fingerprint density at radius 3 is 3.04 bits per heavy atom. The van der Waals surface area contributed by atoms with E-state index in [4.69, 9.17) is 4.74 Å². The van der Waals surface area contributed by atoms with Crippen LogP contribution in [0.3, 0.4) is 0 Å². The van der Waals surface area contributed by atoms with Gasteiger partial charge in [0.1, 0.15) is 6.10 Å². The molecule has 1 atom stereocenters. The van der Waals surface area contributed by atoms with Crippen molar-refractivity contribution in [2.24, 2.45) is 0 Å². The van der Waals surface area contributed by atoms with Gasteiger partial charge in [-0.15, -0.1) is 5.10 Å². The molecule has 1 saturated heterocycles. The van der Waals surface area contributed by atoms with Crippen LogP contribution in [0.1, 0.15) is 23.2 Å². The zero-order valence-electron chi connectivity index (χ0n) is 13.2. The minimum absolute atomic E-state index is 0.0416. The lowest BCUT2D eigenvalue weighted by Crippen LogP contribution is -2.44. The minimum Gasteiger partial charge on any atom is -0.471 e. The lowest BCUT2D eigenvalue weighted by Gasteiger charge is -2.32.